The molecule has 4 N–H and O–H groups in total. The second-order valence-electron chi connectivity index (χ2n) is 8.33. The molecule has 0 aliphatic carbocycles. The molecule has 0 aliphatic heterocycles. The van der Waals surface area contributed by atoms with Crippen LogP contribution in [-0.4, -0.2) is 43.1 Å². The summed E-state index contributed by atoms with van der Waals surface area (Å²) in [5, 5.41) is 6.37. The van der Waals surface area contributed by atoms with Crippen LogP contribution in [-0.2, 0) is 39.1 Å². The molecule has 2 unspecified atom stereocenters. The summed E-state index contributed by atoms with van der Waals surface area (Å²) < 4.78 is 37.9. The monoisotopic (exact) mass is 546 g/mol. The van der Waals surface area contributed by atoms with Crippen LogP contribution in [0.2, 0.25) is 0 Å². The number of thiazole rings is 1. The first-order chi connectivity index (χ1) is 17.6. The van der Waals surface area contributed by atoms with Crippen LogP contribution in [0.1, 0.15) is 39.7 Å². The van der Waals surface area contributed by atoms with Crippen molar-refractivity contribution < 1.29 is 27.3 Å². The van der Waals surface area contributed by atoms with Gasteiger partial charge in [-0.05, 0) is 43.0 Å². The molecule has 198 valence electrons. The molecule has 0 saturated heterocycles. The third-order valence-corrected chi connectivity index (χ3v) is 7.20. The van der Waals surface area contributed by atoms with Gasteiger partial charge in [-0.1, -0.05) is 49.4 Å². The maximum Gasteiger partial charge on any atom is 0.407 e. The van der Waals surface area contributed by atoms with Gasteiger partial charge in [-0.2, -0.15) is 8.42 Å². The number of carbonyl (C=O) groups excluding carboxylic acids is 2. The molecule has 0 spiro atoms. The Hall–Kier alpha value is -3.48. The molecule has 2 atom stereocenters. The summed E-state index contributed by atoms with van der Waals surface area (Å²) in [6.07, 6.45) is 0.665. The van der Waals surface area contributed by atoms with Crippen LogP contribution >= 0.6 is 11.3 Å². The van der Waals surface area contributed by atoms with Gasteiger partial charge in [-0.3, -0.25) is 14.1 Å². The van der Waals surface area contributed by atoms with E-state index in [1.54, 1.807) is 12.1 Å². The number of methoxy groups -OCH3 is 1. The fraction of sp³-hybridized carbons (Fsp3) is 0.320. The molecular formula is C25H30N4O6S2. The lowest BCUT2D eigenvalue weighted by Crippen LogP contribution is -2.49. The number of hydrogen-bond acceptors (Lipinski definition) is 7. The number of anilines is 1. The summed E-state index contributed by atoms with van der Waals surface area (Å²) in [7, 11) is -3.15. The SMILES string of the molecule is CCc1nc(C(Cc2ccc(NS(=O)(=O)O)cc2)NC(=O)C(Cc2ccccc2)NC(=O)OC)sc1C. The Labute approximate surface area is 220 Å². The Morgan fingerprint density at radius 2 is 1.68 bits per heavy atom. The molecule has 10 nitrogen and oxygen atoms in total. The summed E-state index contributed by atoms with van der Waals surface area (Å²) in [5.41, 5.74) is 2.82. The molecule has 1 aromatic heterocycles. The minimum absolute atomic E-state index is 0.204. The zero-order valence-electron chi connectivity index (χ0n) is 20.7. The maximum absolute atomic E-state index is 13.4. The van der Waals surface area contributed by atoms with Crippen molar-refractivity contribution in [3.63, 3.8) is 0 Å². The van der Waals surface area contributed by atoms with Crippen molar-refractivity contribution >= 4 is 39.3 Å². The Morgan fingerprint density at radius 1 is 1.03 bits per heavy atom. The van der Waals surface area contributed by atoms with E-state index in [4.69, 9.17) is 14.3 Å². The first-order valence-corrected chi connectivity index (χ1v) is 13.8. The molecule has 1 heterocycles. The molecule has 0 fully saturated rings. The number of aryl methyl sites for hydroxylation is 2. The number of amides is 2. The van der Waals surface area contributed by atoms with Crippen molar-refractivity contribution in [2.75, 3.05) is 11.8 Å². The van der Waals surface area contributed by atoms with E-state index >= 15 is 0 Å². The summed E-state index contributed by atoms with van der Waals surface area (Å²) >= 11 is 1.49. The zero-order valence-corrected chi connectivity index (χ0v) is 22.4. The van der Waals surface area contributed by atoms with Gasteiger partial charge in [0.25, 0.3) is 0 Å². The number of nitrogens with zero attached hydrogens (tertiary/aromatic N) is 1. The van der Waals surface area contributed by atoms with Crippen molar-refractivity contribution in [2.45, 2.75) is 45.2 Å². The van der Waals surface area contributed by atoms with Gasteiger partial charge in [0, 0.05) is 11.3 Å². The number of ether oxygens (including phenoxy) is 1. The third-order valence-electron chi connectivity index (χ3n) is 5.58. The maximum atomic E-state index is 13.4. The molecular weight excluding hydrogens is 516 g/mol. The van der Waals surface area contributed by atoms with Gasteiger partial charge < -0.3 is 15.4 Å². The number of hydrogen-bond donors (Lipinski definition) is 4. The molecule has 37 heavy (non-hydrogen) atoms. The highest BCUT2D eigenvalue weighted by molar-refractivity contribution is 7.87. The van der Waals surface area contributed by atoms with Crippen LogP contribution in [0.25, 0.3) is 0 Å². The summed E-state index contributed by atoms with van der Waals surface area (Å²) in [5.74, 6) is -0.394. The van der Waals surface area contributed by atoms with Crippen molar-refractivity contribution in [2.24, 2.45) is 0 Å². The summed E-state index contributed by atoms with van der Waals surface area (Å²) in [6.45, 7) is 3.99. The quantitative estimate of drug-likeness (QED) is 0.269. The standard InChI is InChI=1S/C25H30N4O6S2/c1-4-20-16(2)36-24(27-20)22(15-18-10-12-19(13-11-18)29-37(32,33)34)26-23(30)21(28-25(31)35-3)14-17-8-6-5-7-9-17/h5-13,21-22,29H,4,14-15H2,1-3H3,(H,26,30)(H,28,31)(H,32,33,34). The van der Waals surface area contributed by atoms with E-state index in [0.29, 0.717) is 6.42 Å². The molecule has 0 saturated carbocycles. The van der Waals surface area contributed by atoms with Crippen molar-refractivity contribution in [3.05, 3.63) is 81.3 Å². The zero-order chi connectivity index (χ0) is 27.0. The molecule has 0 bridgehead atoms. The molecule has 2 amide bonds. The first-order valence-electron chi connectivity index (χ1n) is 11.6. The van der Waals surface area contributed by atoms with E-state index in [1.165, 1.54) is 30.6 Å². The van der Waals surface area contributed by atoms with Crippen LogP contribution in [0.4, 0.5) is 10.5 Å². The summed E-state index contributed by atoms with van der Waals surface area (Å²) in [6, 6.07) is 14.4. The highest BCUT2D eigenvalue weighted by Crippen LogP contribution is 2.27. The van der Waals surface area contributed by atoms with Crippen LogP contribution in [0, 0.1) is 6.92 Å². The Kier molecular flexibility index (Phi) is 9.61. The second-order valence-corrected chi connectivity index (χ2v) is 10.7. The molecule has 12 heteroatoms. The van der Waals surface area contributed by atoms with E-state index in [-0.39, 0.29) is 12.1 Å². The minimum Gasteiger partial charge on any atom is -0.453 e. The lowest BCUT2D eigenvalue weighted by Gasteiger charge is -2.22. The topological polar surface area (TPSA) is 147 Å². The molecule has 0 aliphatic rings. The normalized spacial score (nSPS) is 12.9. The van der Waals surface area contributed by atoms with Gasteiger partial charge in [-0.25, -0.2) is 9.78 Å². The molecule has 3 rings (SSSR count). The Morgan fingerprint density at radius 3 is 2.24 bits per heavy atom. The number of rotatable bonds is 11. The first kappa shape index (κ1) is 28.1. The van der Waals surface area contributed by atoms with Gasteiger partial charge in [0.1, 0.15) is 11.0 Å². The Balaban J connectivity index is 1.86. The smallest absolute Gasteiger partial charge is 0.407 e. The van der Waals surface area contributed by atoms with Gasteiger partial charge in [0.05, 0.1) is 24.5 Å². The second kappa shape index (κ2) is 12.7. The van der Waals surface area contributed by atoms with E-state index in [2.05, 4.69) is 10.6 Å². The fourth-order valence-electron chi connectivity index (χ4n) is 3.75. The molecule has 2 aromatic carbocycles. The average molecular weight is 547 g/mol. The van der Waals surface area contributed by atoms with Gasteiger partial charge in [0.2, 0.25) is 5.91 Å². The van der Waals surface area contributed by atoms with Crippen molar-refractivity contribution in [1.82, 2.24) is 15.6 Å². The van der Waals surface area contributed by atoms with Gasteiger partial charge in [0.15, 0.2) is 0 Å². The van der Waals surface area contributed by atoms with Gasteiger partial charge >= 0.3 is 16.4 Å². The van der Waals surface area contributed by atoms with Crippen LogP contribution in [0.5, 0.6) is 0 Å². The number of alkyl carbamates (subject to hydrolysis) is 1. The van der Waals surface area contributed by atoms with E-state index < -0.39 is 34.4 Å². The third kappa shape index (κ3) is 8.55. The Bertz CT molecular complexity index is 1310. The minimum atomic E-state index is -4.38. The van der Waals surface area contributed by atoms with Crippen LogP contribution < -0.4 is 15.4 Å². The number of aromatic nitrogens is 1. The predicted octanol–water partition coefficient (Wildman–Crippen LogP) is 3.60. The number of nitrogens with one attached hydrogen (secondary N) is 3. The summed E-state index contributed by atoms with van der Waals surface area (Å²) in [4.78, 5) is 31.2. The van der Waals surface area contributed by atoms with E-state index in [0.717, 1.165) is 33.1 Å². The lowest BCUT2D eigenvalue weighted by molar-refractivity contribution is -0.123. The van der Waals surface area contributed by atoms with Crippen LogP contribution in [0.3, 0.4) is 0 Å². The molecule has 0 radical (unpaired) electrons. The largest absolute Gasteiger partial charge is 0.453 e. The van der Waals surface area contributed by atoms with E-state index in [1.807, 2.05) is 48.9 Å². The fourth-order valence-corrected chi connectivity index (χ4v) is 5.25. The highest BCUT2D eigenvalue weighted by Gasteiger charge is 2.27. The van der Waals surface area contributed by atoms with E-state index in [9.17, 15) is 18.0 Å². The number of benzene rings is 2. The lowest BCUT2D eigenvalue weighted by atomic mass is 10.0. The van der Waals surface area contributed by atoms with Gasteiger partial charge in [-0.15, -0.1) is 11.3 Å². The van der Waals surface area contributed by atoms with Crippen LogP contribution in [0.15, 0.2) is 54.6 Å². The average Bonchev–Trinajstić information content (AvgIpc) is 3.24. The number of carbonyl (C=O) groups is 2. The van der Waals surface area contributed by atoms with Crippen molar-refractivity contribution in [3.8, 4) is 0 Å². The highest BCUT2D eigenvalue weighted by atomic mass is 32.2. The molecule has 3 aromatic rings. The van der Waals surface area contributed by atoms with Crippen molar-refractivity contribution in [1.29, 1.82) is 0 Å². The predicted molar refractivity (Wildman–Crippen MR) is 142 cm³/mol.